The minimum Gasteiger partial charge on any atom is -0.508 e. The fourth-order valence-electron chi connectivity index (χ4n) is 2.17. The van der Waals surface area contributed by atoms with Crippen molar-refractivity contribution in [2.75, 3.05) is 24.5 Å². The molecule has 1 atom stereocenters. The third-order valence-corrected chi connectivity index (χ3v) is 3.34. The maximum absolute atomic E-state index is 10.0. The highest BCUT2D eigenvalue weighted by Crippen LogP contribution is 2.33. The lowest BCUT2D eigenvalue weighted by atomic mass is 9.97. The third-order valence-electron chi connectivity index (χ3n) is 3.34. The molecule has 0 unspecified atom stereocenters. The van der Waals surface area contributed by atoms with E-state index >= 15 is 0 Å². The van der Waals surface area contributed by atoms with E-state index in [9.17, 15) is 5.11 Å². The highest BCUT2D eigenvalue weighted by atomic mass is 35.5. The Balaban J connectivity index is 0.00000144. The number of anilines is 1. The summed E-state index contributed by atoms with van der Waals surface area (Å²) in [6, 6.07) is 6.37. The van der Waals surface area contributed by atoms with Gasteiger partial charge in [-0.05, 0) is 32.9 Å². The van der Waals surface area contributed by atoms with Crippen LogP contribution >= 0.6 is 12.4 Å². The monoisotopic (exact) mass is 256 g/mol. The maximum Gasteiger partial charge on any atom is 0.122 e. The van der Waals surface area contributed by atoms with Gasteiger partial charge in [-0.2, -0.15) is 0 Å². The zero-order valence-corrected chi connectivity index (χ0v) is 11.3. The summed E-state index contributed by atoms with van der Waals surface area (Å²) in [6.45, 7) is 7.25. The molecular weight excluding hydrogens is 236 g/mol. The van der Waals surface area contributed by atoms with Crippen molar-refractivity contribution in [2.24, 2.45) is 0 Å². The Bertz CT molecular complexity index is 362. The van der Waals surface area contributed by atoms with Crippen LogP contribution in [0, 0.1) is 0 Å². The van der Waals surface area contributed by atoms with E-state index in [0.717, 1.165) is 37.3 Å². The standard InChI is InChI=1S/C13H20N2O.ClH/c1-3-15(4-2)10-5-6-11(13(16)9-10)12-7-8-14-12;/h5-6,9,12,14,16H,3-4,7-8H2,1-2H3;1H/t12-;/m0./s1. The van der Waals surface area contributed by atoms with E-state index in [1.165, 1.54) is 0 Å². The summed E-state index contributed by atoms with van der Waals surface area (Å²) in [5.41, 5.74) is 2.13. The number of phenolic OH excluding ortho intramolecular Hbond substituents is 1. The minimum atomic E-state index is 0. The summed E-state index contributed by atoms with van der Waals surface area (Å²) < 4.78 is 0. The summed E-state index contributed by atoms with van der Waals surface area (Å²) in [7, 11) is 0. The Kier molecular flexibility index (Phi) is 5.09. The van der Waals surface area contributed by atoms with Crippen LogP contribution < -0.4 is 10.2 Å². The van der Waals surface area contributed by atoms with Crippen LogP contribution in [-0.4, -0.2) is 24.7 Å². The number of aromatic hydroxyl groups is 1. The summed E-state index contributed by atoms with van der Waals surface area (Å²) in [5.74, 6) is 0.418. The molecule has 0 bridgehead atoms. The normalized spacial score (nSPS) is 18.1. The molecule has 1 fully saturated rings. The summed E-state index contributed by atoms with van der Waals surface area (Å²) in [4.78, 5) is 2.23. The Morgan fingerprint density at radius 1 is 1.35 bits per heavy atom. The molecule has 0 spiro atoms. The Hall–Kier alpha value is -0.930. The molecule has 1 saturated heterocycles. The lowest BCUT2D eigenvalue weighted by Gasteiger charge is -2.29. The first-order valence-electron chi connectivity index (χ1n) is 6.07. The van der Waals surface area contributed by atoms with Gasteiger partial charge < -0.3 is 15.3 Å². The zero-order valence-electron chi connectivity index (χ0n) is 10.4. The second-order valence-corrected chi connectivity index (χ2v) is 4.21. The molecule has 4 heteroatoms. The van der Waals surface area contributed by atoms with Crippen molar-refractivity contribution in [2.45, 2.75) is 26.3 Å². The van der Waals surface area contributed by atoms with Gasteiger partial charge in [0.05, 0.1) is 0 Å². The van der Waals surface area contributed by atoms with Gasteiger partial charge in [-0.15, -0.1) is 12.4 Å². The molecule has 2 N–H and O–H groups in total. The first-order valence-corrected chi connectivity index (χ1v) is 6.07. The molecule has 0 saturated carbocycles. The summed E-state index contributed by atoms with van der Waals surface area (Å²) in [5, 5.41) is 13.3. The Labute approximate surface area is 109 Å². The number of benzene rings is 1. The molecule has 1 aromatic rings. The van der Waals surface area contributed by atoms with Crippen LogP contribution in [0.3, 0.4) is 0 Å². The van der Waals surface area contributed by atoms with Gasteiger partial charge in [-0.3, -0.25) is 0 Å². The first kappa shape index (κ1) is 14.1. The zero-order chi connectivity index (χ0) is 11.5. The van der Waals surface area contributed by atoms with Crippen molar-refractivity contribution in [3.05, 3.63) is 23.8 Å². The second kappa shape index (κ2) is 6.12. The van der Waals surface area contributed by atoms with E-state index in [0.29, 0.717) is 11.8 Å². The number of hydrogen-bond acceptors (Lipinski definition) is 3. The van der Waals surface area contributed by atoms with E-state index in [1.54, 1.807) is 0 Å². The van der Waals surface area contributed by atoms with E-state index in [1.807, 2.05) is 12.1 Å². The van der Waals surface area contributed by atoms with Gasteiger partial charge in [0.2, 0.25) is 0 Å². The summed E-state index contributed by atoms with van der Waals surface area (Å²) in [6.07, 6.45) is 1.12. The fourth-order valence-corrected chi connectivity index (χ4v) is 2.17. The van der Waals surface area contributed by atoms with Gasteiger partial charge in [0.1, 0.15) is 5.75 Å². The largest absolute Gasteiger partial charge is 0.508 e. The SMILES string of the molecule is CCN(CC)c1ccc([C@@H]2CCN2)c(O)c1.Cl. The number of rotatable bonds is 4. The number of nitrogens with one attached hydrogen (secondary N) is 1. The number of nitrogens with zero attached hydrogens (tertiary/aromatic N) is 1. The quantitative estimate of drug-likeness (QED) is 0.870. The van der Waals surface area contributed by atoms with Crippen LogP contribution in [0.25, 0.3) is 0 Å². The van der Waals surface area contributed by atoms with Crippen molar-refractivity contribution in [3.8, 4) is 5.75 Å². The number of hydrogen-bond donors (Lipinski definition) is 2. The predicted octanol–water partition coefficient (Wildman–Crippen LogP) is 2.69. The summed E-state index contributed by atoms with van der Waals surface area (Å²) >= 11 is 0. The molecule has 3 nitrogen and oxygen atoms in total. The van der Waals surface area contributed by atoms with E-state index in [-0.39, 0.29) is 12.4 Å². The third kappa shape index (κ3) is 2.85. The molecule has 0 aromatic heterocycles. The minimum absolute atomic E-state index is 0. The average molecular weight is 257 g/mol. The predicted molar refractivity (Wildman–Crippen MR) is 74.3 cm³/mol. The van der Waals surface area contributed by atoms with Gasteiger partial charge in [0.25, 0.3) is 0 Å². The van der Waals surface area contributed by atoms with Gasteiger partial charge in [-0.25, -0.2) is 0 Å². The first-order chi connectivity index (χ1) is 7.76. The number of halogens is 1. The molecule has 0 radical (unpaired) electrons. The second-order valence-electron chi connectivity index (χ2n) is 4.21. The van der Waals surface area contributed by atoms with Crippen LogP contribution in [0.5, 0.6) is 5.75 Å². The molecule has 17 heavy (non-hydrogen) atoms. The van der Waals surface area contributed by atoms with E-state index < -0.39 is 0 Å². The molecule has 0 amide bonds. The highest BCUT2D eigenvalue weighted by Gasteiger charge is 2.21. The molecular formula is C13H21ClN2O. The smallest absolute Gasteiger partial charge is 0.122 e. The molecule has 2 rings (SSSR count). The van der Waals surface area contributed by atoms with Crippen molar-refractivity contribution in [1.82, 2.24) is 5.32 Å². The van der Waals surface area contributed by atoms with Gasteiger partial charge in [-0.1, -0.05) is 6.07 Å². The number of phenols is 1. The van der Waals surface area contributed by atoms with Gasteiger partial charge in [0, 0.05) is 36.4 Å². The van der Waals surface area contributed by atoms with Crippen molar-refractivity contribution in [1.29, 1.82) is 0 Å². The topological polar surface area (TPSA) is 35.5 Å². The van der Waals surface area contributed by atoms with Crippen molar-refractivity contribution in [3.63, 3.8) is 0 Å². The molecule has 1 aliphatic rings. The van der Waals surface area contributed by atoms with Crippen LogP contribution in [0.2, 0.25) is 0 Å². The molecule has 1 heterocycles. The lowest BCUT2D eigenvalue weighted by molar-refractivity contribution is 0.364. The maximum atomic E-state index is 10.0. The average Bonchev–Trinajstić information content (AvgIpc) is 2.21. The molecule has 1 aliphatic heterocycles. The van der Waals surface area contributed by atoms with E-state index in [4.69, 9.17) is 0 Å². The Morgan fingerprint density at radius 2 is 2.00 bits per heavy atom. The molecule has 1 aromatic carbocycles. The van der Waals surface area contributed by atoms with Crippen LogP contribution in [-0.2, 0) is 0 Å². The van der Waals surface area contributed by atoms with Crippen LogP contribution in [0.15, 0.2) is 18.2 Å². The van der Waals surface area contributed by atoms with Gasteiger partial charge in [0.15, 0.2) is 0 Å². The van der Waals surface area contributed by atoms with Gasteiger partial charge >= 0.3 is 0 Å². The fraction of sp³-hybridized carbons (Fsp3) is 0.538. The van der Waals surface area contributed by atoms with Crippen molar-refractivity contribution >= 4 is 18.1 Å². The van der Waals surface area contributed by atoms with Crippen molar-refractivity contribution < 1.29 is 5.11 Å². The molecule has 0 aliphatic carbocycles. The lowest BCUT2D eigenvalue weighted by Crippen LogP contribution is -2.35. The van der Waals surface area contributed by atoms with Crippen LogP contribution in [0.4, 0.5) is 5.69 Å². The van der Waals surface area contributed by atoms with E-state index in [2.05, 4.69) is 30.1 Å². The molecule has 96 valence electrons. The Morgan fingerprint density at radius 3 is 2.41 bits per heavy atom. The highest BCUT2D eigenvalue weighted by molar-refractivity contribution is 5.85. The van der Waals surface area contributed by atoms with Crippen LogP contribution in [0.1, 0.15) is 31.9 Å².